The fourth-order valence-electron chi connectivity index (χ4n) is 2.51. The lowest BCUT2D eigenvalue weighted by atomic mass is 9.98. The van der Waals surface area contributed by atoms with Gasteiger partial charge in [0.05, 0.1) is 5.52 Å². The Bertz CT molecular complexity index is 783. The zero-order valence-electron chi connectivity index (χ0n) is 11.9. The summed E-state index contributed by atoms with van der Waals surface area (Å²) in [6.45, 7) is 2.01. The first-order valence-electron chi connectivity index (χ1n) is 6.99. The summed E-state index contributed by atoms with van der Waals surface area (Å²) in [5.41, 5.74) is 10.8. The van der Waals surface area contributed by atoms with Crippen molar-refractivity contribution >= 4 is 26.8 Å². The third-order valence-corrected chi connectivity index (χ3v) is 4.12. The van der Waals surface area contributed by atoms with Crippen LogP contribution in [0.2, 0.25) is 0 Å². The lowest BCUT2D eigenvalue weighted by Crippen LogP contribution is -2.13. The van der Waals surface area contributed by atoms with Crippen LogP contribution in [-0.2, 0) is 6.42 Å². The zero-order chi connectivity index (χ0) is 14.8. The first-order chi connectivity index (χ1) is 10.1. The van der Waals surface area contributed by atoms with Crippen molar-refractivity contribution in [1.82, 2.24) is 4.98 Å². The van der Waals surface area contributed by atoms with Gasteiger partial charge in [-0.05, 0) is 54.8 Å². The van der Waals surface area contributed by atoms with Crippen molar-refractivity contribution in [2.45, 2.75) is 19.4 Å². The van der Waals surface area contributed by atoms with E-state index in [1.165, 1.54) is 5.56 Å². The van der Waals surface area contributed by atoms with E-state index in [-0.39, 0.29) is 6.04 Å². The minimum Gasteiger partial charge on any atom is -0.324 e. The van der Waals surface area contributed by atoms with E-state index in [0.29, 0.717) is 0 Å². The van der Waals surface area contributed by atoms with Crippen LogP contribution in [0.5, 0.6) is 0 Å². The van der Waals surface area contributed by atoms with Crippen LogP contribution in [0.3, 0.4) is 0 Å². The van der Waals surface area contributed by atoms with Gasteiger partial charge in [-0.3, -0.25) is 4.98 Å². The van der Waals surface area contributed by atoms with Crippen molar-refractivity contribution < 1.29 is 0 Å². The smallest absolute Gasteiger partial charge is 0.0705 e. The molecule has 0 saturated carbocycles. The van der Waals surface area contributed by atoms with E-state index in [4.69, 9.17) is 5.73 Å². The number of aryl methyl sites for hydroxylation is 1. The van der Waals surface area contributed by atoms with Gasteiger partial charge in [-0.1, -0.05) is 40.2 Å². The number of halogens is 1. The molecule has 1 heterocycles. The second-order valence-corrected chi connectivity index (χ2v) is 6.26. The van der Waals surface area contributed by atoms with Crippen molar-refractivity contribution in [3.63, 3.8) is 0 Å². The fraction of sp³-hybridized carbons (Fsp3) is 0.167. The quantitative estimate of drug-likeness (QED) is 0.759. The van der Waals surface area contributed by atoms with E-state index in [1.54, 1.807) is 0 Å². The predicted octanol–water partition coefficient (Wildman–Crippen LogP) is 4.55. The van der Waals surface area contributed by atoms with Crippen molar-refractivity contribution in [3.05, 3.63) is 75.9 Å². The number of hydrogen-bond acceptors (Lipinski definition) is 2. The second-order valence-electron chi connectivity index (χ2n) is 5.35. The minimum absolute atomic E-state index is 0.00926. The standard InChI is InChI=1S/C18H17BrN2/c1-12-5-6-15-11-14(7-8-18(15)21-12)17(20)10-13-3-2-4-16(19)9-13/h2-9,11,17H,10,20H2,1H3. The number of hydrogen-bond donors (Lipinski definition) is 1. The van der Waals surface area contributed by atoms with Crippen molar-refractivity contribution in [3.8, 4) is 0 Å². The Balaban J connectivity index is 1.87. The second kappa shape index (κ2) is 5.96. The number of nitrogens with zero attached hydrogens (tertiary/aromatic N) is 1. The molecule has 1 unspecified atom stereocenters. The number of rotatable bonds is 3. The summed E-state index contributed by atoms with van der Waals surface area (Å²) in [5, 5.41) is 1.14. The molecule has 21 heavy (non-hydrogen) atoms. The Labute approximate surface area is 133 Å². The zero-order valence-corrected chi connectivity index (χ0v) is 13.5. The summed E-state index contributed by atoms with van der Waals surface area (Å²) in [6, 6.07) is 18.7. The summed E-state index contributed by atoms with van der Waals surface area (Å²) in [7, 11) is 0. The van der Waals surface area contributed by atoms with Gasteiger partial charge in [-0.15, -0.1) is 0 Å². The van der Waals surface area contributed by atoms with E-state index >= 15 is 0 Å². The highest BCUT2D eigenvalue weighted by Crippen LogP contribution is 2.22. The maximum absolute atomic E-state index is 6.36. The van der Waals surface area contributed by atoms with Crippen LogP contribution in [0.25, 0.3) is 10.9 Å². The predicted molar refractivity (Wildman–Crippen MR) is 91.3 cm³/mol. The molecule has 2 aromatic carbocycles. The molecule has 0 spiro atoms. The molecular formula is C18H17BrN2. The highest BCUT2D eigenvalue weighted by molar-refractivity contribution is 9.10. The molecule has 0 aliphatic rings. The van der Waals surface area contributed by atoms with Crippen LogP contribution < -0.4 is 5.73 Å². The summed E-state index contributed by atoms with van der Waals surface area (Å²) in [6.07, 6.45) is 0.824. The maximum Gasteiger partial charge on any atom is 0.0705 e. The molecule has 0 aliphatic carbocycles. The molecule has 3 heteroatoms. The number of benzene rings is 2. The number of pyridine rings is 1. The van der Waals surface area contributed by atoms with E-state index in [1.807, 2.05) is 25.1 Å². The average Bonchev–Trinajstić information content (AvgIpc) is 2.46. The molecule has 0 saturated heterocycles. The molecule has 0 amide bonds. The highest BCUT2D eigenvalue weighted by atomic mass is 79.9. The Kier molecular flexibility index (Phi) is 4.04. The van der Waals surface area contributed by atoms with Gasteiger partial charge in [0.25, 0.3) is 0 Å². The summed E-state index contributed by atoms with van der Waals surface area (Å²) in [4.78, 5) is 4.52. The van der Waals surface area contributed by atoms with E-state index in [9.17, 15) is 0 Å². The molecule has 0 bridgehead atoms. The molecule has 1 atom stereocenters. The van der Waals surface area contributed by atoms with Gasteiger partial charge in [0.1, 0.15) is 0 Å². The Morgan fingerprint density at radius 2 is 1.95 bits per heavy atom. The van der Waals surface area contributed by atoms with E-state index < -0.39 is 0 Å². The minimum atomic E-state index is -0.00926. The van der Waals surface area contributed by atoms with E-state index in [2.05, 4.69) is 57.3 Å². The van der Waals surface area contributed by atoms with Gasteiger partial charge >= 0.3 is 0 Å². The summed E-state index contributed by atoms with van der Waals surface area (Å²) < 4.78 is 1.09. The molecule has 3 aromatic rings. The average molecular weight is 341 g/mol. The van der Waals surface area contributed by atoms with Crippen LogP contribution in [0, 0.1) is 6.92 Å². The molecule has 1 aromatic heterocycles. The number of aromatic nitrogens is 1. The van der Waals surface area contributed by atoms with Crippen LogP contribution in [0.4, 0.5) is 0 Å². The number of nitrogens with two attached hydrogens (primary N) is 1. The molecule has 2 N–H and O–H groups in total. The molecule has 0 radical (unpaired) electrons. The van der Waals surface area contributed by atoms with Crippen LogP contribution >= 0.6 is 15.9 Å². The summed E-state index contributed by atoms with van der Waals surface area (Å²) in [5.74, 6) is 0. The topological polar surface area (TPSA) is 38.9 Å². The Morgan fingerprint density at radius 3 is 2.76 bits per heavy atom. The molecular weight excluding hydrogens is 324 g/mol. The fourth-order valence-corrected chi connectivity index (χ4v) is 2.96. The summed E-state index contributed by atoms with van der Waals surface area (Å²) >= 11 is 3.50. The van der Waals surface area contributed by atoms with Gasteiger partial charge in [-0.25, -0.2) is 0 Å². The third kappa shape index (κ3) is 3.31. The monoisotopic (exact) mass is 340 g/mol. The van der Waals surface area contributed by atoms with Crippen molar-refractivity contribution in [1.29, 1.82) is 0 Å². The van der Waals surface area contributed by atoms with Gasteiger partial charge < -0.3 is 5.73 Å². The molecule has 2 nitrogen and oxygen atoms in total. The third-order valence-electron chi connectivity index (χ3n) is 3.63. The molecule has 0 fully saturated rings. The lowest BCUT2D eigenvalue weighted by molar-refractivity contribution is 0.722. The Morgan fingerprint density at radius 1 is 1.10 bits per heavy atom. The molecule has 106 valence electrons. The van der Waals surface area contributed by atoms with Crippen molar-refractivity contribution in [2.24, 2.45) is 5.73 Å². The van der Waals surface area contributed by atoms with Gasteiger partial charge in [0, 0.05) is 21.6 Å². The SMILES string of the molecule is Cc1ccc2cc(C(N)Cc3cccc(Br)c3)ccc2n1. The van der Waals surface area contributed by atoms with Gasteiger partial charge in [0.15, 0.2) is 0 Å². The maximum atomic E-state index is 6.36. The van der Waals surface area contributed by atoms with Crippen molar-refractivity contribution in [2.75, 3.05) is 0 Å². The van der Waals surface area contributed by atoms with Gasteiger partial charge in [-0.2, -0.15) is 0 Å². The number of fused-ring (bicyclic) bond motifs is 1. The van der Waals surface area contributed by atoms with E-state index in [0.717, 1.165) is 33.1 Å². The molecule has 3 rings (SSSR count). The molecule has 0 aliphatic heterocycles. The largest absolute Gasteiger partial charge is 0.324 e. The van der Waals surface area contributed by atoms with Crippen LogP contribution in [0.15, 0.2) is 59.1 Å². The lowest BCUT2D eigenvalue weighted by Gasteiger charge is -2.13. The van der Waals surface area contributed by atoms with Gasteiger partial charge in [0.2, 0.25) is 0 Å². The Hall–Kier alpha value is -1.71. The first kappa shape index (κ1) is 14.2. The first-order valence-corrected chi connectivity index (χ1v) is 7.78. The normalized spacial score (nSPS) is 12.5. The van der Waals surface area contributed by atoms with Crippen LogP contribution in [-0.4, -0.2) is 4.98 Å². The highest BCUT2D eigenvalue weighted by Gasteiger charge is 2.08. The van der Waals surface area contributed by atoms with Crippen LogP contribution in [0.1, 0.15) is 22.9 Å².